The maximum absolute atomic E-state index is 11.9. The molecule has 2 rings (SSSR count). The lowest BCUT2D eigenvalue weighted by Crippen LogP contribution is -2.10. The lowest BCUT2D eigenvalue weighted by atomic mass is 10.0. The Morgan fingerprint density at radius 1 is 1.00 bits per heavy atom. The van der Waals surface area contributed by atoms with Gasteiger partial charge >= 0.3 is 11.9 Å². The van der Waals surface area contributed by atoms with Gasteiger partial charge in [0.05, 0.1) is 12.2 Å². The van der Waals surface area contributed by atoms with Crippen molar-refractivity contribution in [2.75, 3.05) is 6.61 Å². The van der Waals surface area contributed by atoms with Gasteiger partial charge in [0.15, 0.2) is 0 Å². The fourth-order valence-corrected chi connectivity index (χ4v) is 2.21. The number of carbonyl (C=O) groups excluding carboxylic acids is 2. The van der Waals surface area contributed by atoms with Crippen molar-refractivity contribution < 1.29 is 19.1 Å². The summed E-state index contributed by atoms with van der Waals surface area (Å²) in [6, 6.07) is 14.7. The number of ether oxygens (including phenoxy) is 2. The van der Waals surface area contributed by atoms with Gasteiger partial charge in [-0.05, 0) is 35.2 Å². The summed E-state index contributed by atoms with van der Waals surface area (Å²) in [6.45, 7) is 5.79. The minimum absolute atomic E-state index is 0.310. The molecule has 0 bridgehead atoms. The highest BCUT2D eigenvalue weighted by Gasteiger charge is 2.10. The Hall–Kier alpha value is -2.62. The van der Waals surface area contributed by atoms with Crippen LogP contribution in [0.4, 0.5) is 0 Å². The number of benzene rings is 2. The van der Waals surface area contributed by atoms with Gasteiger partial charge in [-0.2, -0.15) is 0 Å². The first-order chi connectivity index (χ1) is 11.5. The molecular weight excluding hydrogens is 304 g/mol. The minimum Gasteiger partial charge on any atom is -0.462 e. The van der Waals surface area contributed by atoms with Crippen LogP contribution in [0.5, 0.6) is 5.75 Å². The van der Waals surface area contributed by atoms with E-state index in [4.69, 9.17) is 9.47 Å². The molecule has 0 saturated heterocycles. The topological polar surface area (TPSA) is 52.6 Å². The normalized spacial score (nSPS) is 10.5. The Balaban J connectivity index is 2.07. The highest BCUT2D eigenvalue weighted by Crippen LogP contribution is 2.22. The molecule has 0 aliphatic carbocycles. The molecule has 0 radical (unpaired) electrons. The molecule has 0 heterocycles. The number of hydrogen-bond donors (Lipinski definition) is 0. The second-order valence-corrected chi connectivity index (χ2v) is 6.07. The van der Waals surface area contributed by atoms with Crippen molar-refractivity contribution in [2.24, 2.45) is 5.92 Å². The van der Waals surface area contributed by atoms with Crippen molar-refractivity contribution in [1.29, 1.82) is 0 Å². The summed E-state index contributed by atoms with van der Waals surface area (Å²) < 4.78 is 10.4. The zero-order chi connectivity index (χ0) is 17.5. The van der Waals surface area contributed by atoms with Crippen molar-refractivity contribution in [3.63, 3.8) is 0 Å². The predicted molar refractivity (Wildman–Crippen MR) is 92.1 cm³/mol. The SMILES string of the molecule is CC(=O)Oc1ccccc1Cc1ccc(C(=O)OCC(C)C)cc1. The van der Waals surface area contributed by atoms with Gasteiger partial charge < -0.3 is 9.47 Å². The molecule has 0 aromatic heterocycles. The van der Waals surface area contributed by atoms with Crippen LogP contribution in [0.15, 0.2) is 48.5 Å². The first-order valence-corrected chi connectivity index (χ1v) is 7.98. The minimum atomic E-state index is -0.342. The molecule has 0 amide bonds. The average molecular weight is 326 g/mol. The first kappa shape index (κ1) is 17.7. The standard InChI is InChI=1S/C20H22O4/c1-14(2)13-23-20(22)17-10-8-16(9-11-17)12-18-6-4-5-7-19(18)24-15(3)21/h4-11,14H,12-13H2,1-3H3. The highest BCUT2D eigenvalue weighted by atomic mass is 16.5. The quantitative estimate of drug-likeness (QED) is 0.594. The summed E-state index contributed by atoms with van der Waals surface area (Å²) in [4.78, 5) is 23.1. The second-order valence-electron chi connectivity index (χ2n) is 6.07. The third kappa shape index (κ3) is 5.23. The van der Waals surface area contributed by atoms with Crippen LogP contribution in [-0.2, 0) is 16.0 Å². The third-order valence-electron chi connectivity index (χ3n) is 3.36. The molecule has 126 valence electrons. The smallest absolute Gasteiger partial charge is 0.338 e. The lowest BCUT2D eigenvalue weighted by molar-refractivity contribution is -0.131. The highest BCUT2D eigenvalue weighted by molar-refractivity contribution is 5.89. The molecule has 4 nitrogen and oxygen atoms in total. The van der Waals surface area contributed by atoms with Gasteiger partial charge in [0.1, 0.15) is 5.75 Å². The molecule has 4 heteroatoms. The molecule has 0 atom stereocenters. The zero-order valence-electron chi connectivity index (χ0n) is 14.2. The Bertz CT molecular complexity index is 702. The van der Waals surface area contributed by atoms with E-state index >= 15 is 0 Å². The van der Waals surface area contributed by atoms with Crippen LogP contribution in [-0.4, -0.2) is 18.5 Å². The summed E-state index contributed by atoms with van der Waals surface area (Å²) in [5, 5.41) is 0. The summed E-state index contributed by atoms with van der Waals surface area (Å²) in [7, 11) is 0. The van der Waals surface area contributed by atoms with E-state index in [9.17, 15) is 9.59 Å². The molecule has 2 aromatic carbocycles. The van der Waals surface area contributed by atoms with Gasteiger partial charge in [-0.3, -0.25) is 4.79 Å². The number of hydrogen-bond acceptors (Lipinski definition) is 4. The maximum Gasteiger partial charge on any atom is 0.338 e. The monoisotopic (exact) mass is 326 g/mol. The van der Waals surface area contributed by atoms with Crippen molar-refractivity contribution in [3.05, 3.63) is 65.2 Å². The molecule has 24 heavy (non-hydrogen) atoms. The molecule has 0 aliphatic rings. The van der Waals surface area contributed by atoms with Gasteiger partial charge in [0, 0.05) is 13.3 Å². The van der Waals surface area contributed by atoms with Crippen molar-refractivity contribution >= 4 is 11.9 Å². The molecule has 0 unspecified atom stereocenters. The maximum atomic E-state index is 11.9. The zero-order valence-corrected chi connectivity index (χ0v) is 14.2. The van der Waals surface area contributed by atoms with E-state index in [0.717, 1.165) is 11.1 Å². The van der Waals surface area contributed by atoms with Gasteiger partial charge in [-0.25, -0.2) is 4.79 Å². The van der Waals surface area contributed by atoms with Crippen LogP contribution < -0.4 is 4.74 Å². The number of esters is 2. The second kappa shape index (κ2) is 8.29. The molecule has 0 aliphatic heterocycles. The van der Waals surface area contributed by atoms with Crippen molar-refractivity contribution in [3.8, 4) is 5.75 Å². The van der Waals surface area contributed by atoms with E-state index in [1.165, 1.54) is 6.92 Å². The first-order valence-electron chi connectivity index (χ1n) is 7.98. The fraction of sp³-hybridized carbons (Fsp3) is 0.300. The molecule has 0 fully saturated rings. The van der Waals surface area contributed by atoms with E-state index in [1.807, 2.05) is 44.2 Å². The van der Waals surface area contributed by atoms with Gasteiger partial charge in [0.2, 0.25) is 0 Å². The van der Waals surface area contributed by atoms with Gasteiger partial charge in [-0.1, -0.05) is 44.2 Å². The van der Waals surface area contributed by atoms with Gasteiger partial charge in [0.25, 0.3) is 0 Å². The summed E-state index contributed by atoms with van der Waals surface area (Å²) in [5.74, 6) is 0.220. The van der Waals surface area contributed by atoms with Gasteiger partial charge in [-0.15, -0.1) is 0 Å². The van der Waals surface area contributed by atoms with Crippen LogP contribution in [0, 0.1) is 5.92 Å². The molecule has 0 saturated carbocycles. The third-order valence-corrected chi connectivity index (χ3v) is 3.36. The predicted octanol–water partition coefficient (Wildman–Crippen LogP) is 4.02. The lowest BCUT2D eigenvalue weighted by Gasteiger charge is -2.10. The van der Waals surface area contributed by atoms with Crippen molar-refractivity contribution in [1.82, 2.24) is 0 Å². The average Bonchev–Trinajstić information content (AvgIpc) is 2.54. The van der Waals surface area contributed by atoms with E-state index in [-0.39, 0.29) is 11.9 Å². The molecule has 2 aromatic rings. The van der Waals surface area contributed by atoms with Crippen LogP contribution in [0.1, 0.15) is 42.3 Å². The largest absolute Gasteiger partial charge is 0.462 e. The Kier molecular flexibility index (Phi) is 6.13. The summed E-state index contributed by atoms with van der Waals surface area (Å²) in [6.07, 6.45) is 0.616. The fourth-order valence-electron chi connectivity index (χ4n) is 2.21. The molecular formula is C20H22O4. The van der Waals surface area contributed by atoms with E-state index < -0.39 is 0 Å². The Morgan fingerprint density at radius 2 is 1.67 bits per heavy atom. The van der Waals surface area contributed by atoms with Crippen LogP contribution in [0.25, 0.3) is 0 Å². The summed E-state index contributed by atoms with van der Waals surface area (Å²) in [5.41, 5.74) is 2.48. The Morgan fingerprint density at radius 3 is 2.29 bits per heavy atom. The Labute approximate surface area is 142 Å². The number of rotatable bonds is 6. The van der Waals surface area contributed by atoms with Crippen LogP contribution in [0.3, 0.4) is 0 Å². The molecule has 0 spiro atoms. The summed E-state index contributed by atoms with van der Waals surface area (Å²) >= 11 is 0. The van der Waals surface area contributed by atoms with E-state index in [0.29, 0.717) is 30.3 Å². The van der Waals surface area contributed by atoms with Crippen LogP contribution in [0.2, 0.25) is 0 Å². The number of para-hydroxylation sites is 1. The van der Waals surface area contributed by atoms with E-state index in [2.05, 4.69) is 0 Å². The molecule has 0 N–H and O–H groups in total. The van der Waals surface area contributed by atoms with Crippen LogP contribution >= 0.6 is 0 Å². The van der Waals surface area contributed by atoms with E-state index in [1.54, 1.807) is 18.2 Å². The number of carbonyl (C=O) groups is 2. The van der Waals surface area contributed by atoms with Crippen molar-refractivity contribution in [2.45, 2.75) is 27.2 Å².